The molecule has 0 fully saturated rings. The molecule has 2 aromatic heterocycles. The van der Waals surface area contributed by atoms with Gasteiger partial charge in [-0.2, -0.15) is 0 Å². The fourth-order valence-electron chi connectivity index (χ4n) is 1.08. The van der Waals surface area contributed by atoms with Gasteiger partial charge in [-0.3, -0.25) is 4.98 Å². The third-order valence-corrected chi connectivity index (χ3v) is 1.64. The molecule has 0 aliphatic rings. The number of nitrogens with zero attached hydrogens (tertiary/aromatic N) is 1. The number of fused-ring (bicyclic) bond motifs is 1. The van der Waals surface area contributed by atoms with Crippen LogP contribution in [0.25, 0.3) is 10.9 Å². The summed E-state index contributed by atoms with van der Waals surface area (Å²) < 4.78 is 0. The number of H-pyrrole nitrogens is 1. The number of carbonyl (C=O) groups excluding carboxylic acids is 1. The molecule has 4 nitrogen and oxygen atoms in total. The number of pyridine rings is 1. The van der Waals surface area contributed by atoms with Crippen LogP contribution >= 0.6 is 0 Å². The van der Waals surface area contributed by atoms with Crippen LogP contribution in [0.4, 0.5) is 0 Å². The van der Waals surface area contributed by atoms with Crippen LogP contribution in [0.1, 0.15) is 10.5 Å². The van der Waals surface area contributed by atoms with Crippen molar-refractivity contribution in [1.29, 1.82) is 0 Å². The maximum atomic E-state index is 10.4. The molecule has 0 unspecified atom stereocenters. The van der Waals surface area contributed by atoms with Crippen molar-refractivity contribution >= 4 is 16.9 Å². The van der Waals surface area contributed by atoms with E-state index in [-0.39, 0.29) is 24.6 Å². The minimum atomic E-state index is -1.20. The Hall–Kier alpha value is -1.24. The first-order valence-electron chi connectivity index (χ1n) is 3.41. The summed E-state index contributed by atoms with van der Waals surface area (Å²) in [5.74, 6) is -1.20. The van der Waals surface area contributed by atoms with E-state index in [2.05, 4.69) is 9.97 Å². The van der Waals surface area contributed by atoms with E-state index in [1.807, 2.05) is 0 Å². The summed E-state index contributed by atoms with van der Waals surface area (Å²) in [7, 11) is 0. The van der Waals surface area contributed by atoms with Crippen LogP contribution in [-0.4, -0.2) is 15.9 Å². The Bertz CT molecular complexity index is 405. The summed E-state index contributed by atoms with van der Waals surface area (Å²) in [6.45, 7) is 0. The smallest absolute Gasteiger partial charge is 0.543 e. The molecule has 0 bridgehead atoms. The van der Waals surface area contributed by atoms with Crippen molar-refractivity contribution < 1.29 is 28.8 Å². The number of hydrogen-bond donors (Lipinski definition) is 1. The van der Waals surface area contributed by atoms with Crippen LogP contribution in [-0.2, 0) is 0 Å². The molecule has 60 valence electrons. The van der Waals surface area contributed by atoms with E-state index >= 15 is 0 Å². The topological polar surface area (TPSA) is 68.8 Å². The van der Waals surface area contributed by atoms with Gasteiger partial charge in [0, 0.05) is 11.6 Å². The standard InChI is InChI=1S/C8H6N2O2.Li/c11-8(12)6-3-5-1-2-9-4-7(5)10-6;/h1-4,10H,(H,11,12);/q;+1/p-1. The van der Waals surface area contributed by atoms with Crippen molar-refractivity contribution in [1.82, 2.24) is 9.97 Å². The minimum Gasteiger partial charge on any atom is -0.543 e. The number of hydrogen-bond acceptors (Lipinski definition) is 3. The third-order valence-electron chi connectivity index (χ3n) is 1.64. The second-order valence-corrected chi connectivity index (χ2v) is 2.43. The van der Waals surface area contributed by atoms with E-state index in [4.69, 9.17) is 0 Å². The predicted molar refractivity (Wildman–Crippen MR) is 40.4 cm³/mol. The van der Waals surface area contributed by atoms with E-state index in [0.29, 0.717) is 5.52 Å². The summed E-state index contributed by atoms with van der Waals surface area (Å²) in [6.07, 6.45) is 3.18. The van der Waals surface area contributed by atoms with Gasteiger partial charge in [0.15, 0.2) is 0 Å². The summed E-state index contributed by atoms with van der Waals surface area (Å²) in [5, 5.41) is 11.2. The summed E-state index contributed by atoms with van der Waals surface area (Å²) in [4.78, 5) is 16.9. The molecule has 0 spiro atoms. The average Bonchev–Trinajstić information content (AvgIpc) is 2.46. The summed E-state index contributed by atoms with van der Waals surface area (Å²) in [5.41, 5.74) is 0.787. The Morgan fingerprint density at radius 2 is 2.31 bits per heavy atom. The molecule has 2 aromatic rings. The van der Waals surface area contributed by atoms with Gasteiger partial charge < -0.3 is 14.9 Å². The van der Waals surface area contributed by atoms with Crippen LogP contribution in [0.5, 0.6) is 0 Å². The SMILES string of the molecule is O=C([O-])c1cc2ccncc2[nH]1.[Li+]. The third kappa shape index (κ3) is 1.74. The Morgan fingerprint density at radius 3 is 2.92 bits per heavy atom. The number of aromatic carboxylic acids is 1. The number of rotatable bonds is 1. The van der Waals surface area contributed by atoms with Crippen LogP contribution in [0, 0.1) is 0 Å². The molecule has 0 saturated carbocycles. The molecule has 0 aliphatic carbocycles. The van der Waals surface area contributed by atoms with Gasteiger partial charge in [-0.25, -0.2) is 0 Å². The Kier molecular flexibility index (Phi) is 2.76. The van der Waals surface area contributed by atoms with Gasteiger partial charge in [0.25, 0.3) is 0 Å². The first-order chi connectivity index (χ1) is 5.77. The number of nitrogens with one attached hydrogen (secondary N) is 1. The molecule has 2 heterocycles. The first kappa shape index (κ1) is 9.84. The first-order valence-corrected chi connectivity index (χ1v) is 3.41. The van der Waals surface area contributed by atoms with Gasteiger partial charge in [0.05, 0.1) is 23.4 Å². The van der Waals surface area contributed by atoms with Crippen LogP contribution < -0.4 is 24.0 Å². The van der Waals surface area contributed by atoms with Gasteiger partial charge in [0.2, 0.25) is 0 Å². The van der Waals surface area contributed by atoms with Gasteiger partial charge in [-0.15, -0.1) is 0 Å². The number of aromatic nitrogens is 2. The number of carboxylic acid groups (broad SMARTS) is 1. The van der Waals surface area contributed by atoms with E-state index in [1.54, 1.807) is 18.5 Å². The maximum Gasteiger partial charge on any atom is 1.00 e. The van der Waals surface area contributed by atoms with E-state index < -0.39 is 5.97 Å². The van der Waals surface area contributed by atoms with Gasteiger partial charge >= 0.3 is 18.9 Å². The number of carboxylic acids is 1. The largest absolute Gasteiger partial charge is 1.00 e. The molecule has 0 radical (unpaired) electrons. The monoisotopic (exact) mass is 168 g/mol. The van der Waals surface area contributed by atoms with Crippen molar-refractivity contribution in [2.45, 2.75) is 0 Å². The number of carbonyl (C=O) groups is 1. The zero-order chi connectivity index (χ0) is 8.55. The van der Waals surface area contributed by atoms with Crippen LogP contribution in [0.15, 0.2) is 24.5 Å². The zero-order valence-electron chi connectivity index (χ0n) is 7.07. The van der Waals surface area contributed by atoms with E-state index in [9.17, 15) is 9.90 Å². The fourth-order valence-corrected chi connectivity index (χ4v) is 1.08. The molecule has 1 N–H and O–H groups in total. The zero-order valence-corrected chi connectivity index (χ0v) is 7.07. The number of aromatic amines is 1. The molecule has 0 atom stereocenters. The Labute approximate surface area is 86.2 Å². The molecule has 0 amide bonds. The van der Waals surface area contributed by atoms with Crippen LogP contribution in [0.3, 0.4) is 0 Å². The van der Waals surface area contributed by atoms with Crippen molar-refractivity contribution in [2.24, 2.45) is 0 Å². The quantitative estimate of drug-likeness (QED) is 0.459. The van der Waals surface area contributed by atoms with Gasteiger partial charge in [0.1, 0.15) is 0 Å². The molecular formula is C8H5LiN2O2. The maximum absolute atomic E-state index is 10.4. The predicted octanol–water partition coefficient (Wildman–Crippen LogP) is -3.07. The van der Waals surface area contributed by atoms with E-state index in [1.165, 1.54) is 6.07 Å². The van der Waals surface area contributed by atoms with Crippen molar-refractivity contribution in [3.8, 4) is 0 Å². The average molecular weight is 168 g/mol. The van der Waals surface area contributed by atoms with Crippen molar-refractivity contribution in [2.75, 3.05) is 0 Å². The minimum absolute atomic E-state index is 0. The summed E-state index contributed by atoms with van der Waals surface area (Å²) in [6, 6.07) is 3.25. The second-order valence-electron chi connectivity index (χ2n) is 2.43. The molecule has 13 heavy (non-hydrogen) atoms. The van der Waals surface area contributed by atoms with Crippen molar-refractivity contribution in [3.63, 3.8) is 0 Å². The van der Waals surface area contributed by atoms with E-state index in [0.717, 1.165) is 5.39 Å². The molecule has 2 rings (SSSR count). The Morgan fingerprint density at radius 1 is 1.54 bits per heavy atom. The molecule has 5 heteroatoms. The fraction of sp³-hybridized carbons (Fsp3) is 0. The second kappa shape index (κ2) is 3.65. The summed E-state index contributed by atoms with van der Waals surface area (Å²) >= 11 is 0. The normalized spacial score (nSPS) is 9.54. The van der Waals surface area contributed by atoms with Crippen LogP contribution in [0.2, 0.25) is 0 Å². The Balaban J connectivity index is 0.000000845. The molecule has 0 aromatic carbocycles. The molecule has 0 aliphatic heterocycles. The van der Waals surface area contributed by atoms with Crippen molar-refractivity contribution in [3.05, 3.63) is 30.2 Å². The van der Waals surface area contributed by atoms with Gasteiger partial charge in [-0.1, -0.05) is 0 Å². The molecule has 0 saturated heterocycles. The van der Waals surface area contributed by atoms with Gasteiger partial charge in [-0.05, 0) is 12.1 Å². The molecular weight excluding hydrogens is 163 g/mol.